The number of nitrogens with zero attached hydrogens (tertiary/aromatic N) is 1. The fourth-order valence-corrected chi connectivity index (χ4v) is 2.20. The van der Waals surface area contributed by atoms with E-state index in [-0.39, 0.29) is 12.2 Å². The Labute approximate surface area is 138 Å². The number of H-pyrrole nitrogens is 2. The Kier molecular flexibility index (Phi) is 4.17. The Balaban J connectivity index is 1.64. The molecule has 4 N–H and O–H groups in total. The number of hydrogen-bond donors (Lipinski definition) is 4. The molecule has 0 unspecified atom stereocenters. The topological polar surface area (TPSA) is 103 Å². The predicted octanol–water partition coefficient (Wildman–Crippen LogP) is 2.59. The van der Waals surface area contributed by atoms with Crippen molar-refractivity contribution in [2.75, 3.05) is 5.32 Å². The molecule has 0 aliphatic carbocycles. The van der Waals surface area contributed by atoms with Crippen molar-refractivity contribution in [3.05, 3.63) is 58.3 Å². The lowest BCUT2D eigenvalue weighted by Gasteiger charge is -2.09. The van der Waals surface area contributed by atoms with E-state index in [0.29, 0.717) is 22.9 Å². The van der Waals surface area contributed by atoms with E-state index in [1.54, 1.807) is 18.2 Å². The molecule has 1 aromatic carbocycles. The summed E-state index contributed by atoms with van der Waals surface area (Å²) in [6.45, 7) is -0.0520. The highest BCUT2D eigenvalue weighted by molar-refractivity contribution is 5.98. The molecule has 25 heavy (non-hydrogen) atoms. The molecule has 2 heterocycles. The van der Waals surface area contributed by atoms with Crippen LogP contribution >= 0.6 is 0 Å². The minimum Gasteiger partial charge on any atom is -0.332 e. The predicted molar refractivity (Wildman–Crippen MR) is 84.0 cm³/mol. The van der Waals surface area contributed by atoms with Crippen LogP contribution in [-0.2, 0) is 12.7 Å². The van der Waals surface area contributed by atoms with Gasteiger partial charge in [0.1, 0.15) is 0 Å². The van der Waals surface area contributed by atoms with Crippen LogP contribution in [0.1, 0.15) is 11.3 Å². The second-order valence-electron chi connectivity index (χ2n) is 5.15. The number of imidazole rings is 1. The first-order valence-electron chi connectivity index (χ1n) is 7.11. The third-order valence-electron chi connectivity index (χ3n) is 3.38. The summed E-state index contributed by atoms with van der Waals surface area (Å²) in [5, 5.41) is 5.04. The molecule has 10 heteroatoms. The van der Waals surface area contributed by atoms with Gasteiger partial charge in [-0.15, -0.1) is 0 Å². The molecule has 0 atom stereocenters. The monoisotopic (exact) mass is 351 g/mol. The maximum atomic E-state index is 12.5. The van der Waals surface area contributed by atoms with Gasteiger partial charge in [0, 0.05) is 6.20 Å². The quantitative estimate of drug-likeness (QED) is 0.583. The van der Waals surface area contributed by atoms with E-state index in [2.05, 4.69) is 25.6 Å². The number of aromatic nitrogens is 3. The molecule has 0 saturated carbocycles. The number of benzene rings is 1. The zero-order chi connectivity index (χ0) is 18.0. The Bertz CT molecular complexity index is 960. The van der Waals surface area contributed by atoms with Gasteiger partial charge in [-0.25, -0.2) is 9.59 Å². The zero-order valence-electron chi connectivity index (χ0n) is 12.6. The van der Waals surface area contributed by atoms with Crippen molar-refractivity contribution in [2.24, 2.45) is 0 Å². The van der Waals surface area contributed by atoms with Gasteiger partial charge in [0.25, 0.3) is 0 Å². The van der Waals surface area contributed by atoms with Crippen LogP contribution in [0.4, 0.5) is 23.7 Å². The van der Waals surface area contributed by atoms with Crippen LogP contribution in [0, 0.1) is 0 Å². The van der Waals surface area contributed by atoms with E-state index in [9.17, 15) is 22.8 Å². The average Bonchev–Trinajstić information content (AvgIpc) is 2.94. The zero-order valence-corrected chi connectivity index (χ0v) is 12.6. The van der Waals surface area contributed by atoms with Gasteiger partial charge in [-0.3, -0.25) is 4.98 Å². The molecule has 0 saturated heterocycles. The molecule has 130 valence electrons. The highest BCUT2D eigenvalue weighted by atomic mass is 19.4. The fraction of sp³-hybridized carbons (Fsp3) is 0.133. The van der Waals surface area contributed by atoms with Gasteiger partial charge in [0.2, 0.25) is 0 Å². The van der Waals surface area contributed by atoms with Crippen LogP contribution in [0.25, 0.3) is 11.0 Å². The van der Waals surface area contributed by atoms with Gasteiger partial charge >= 0.3 is 17.9 Å². The Morgan fingerprint density at radius 1 is 1.16 bits per heavy atom. The number of hydrogen-bond acceptors (Lipinski definition) is 3. The van der Waals surface area contributed by atoms with Crippen molar-refractivity contribution in [1.29, 1.82) is 0 Å². The van der Waals surface area contributed by atoms with E-state index in [4.69, 9.17) is 0 Å². The van der Waals surface area contributed by atoms with Crippen LogP contribution in [0.3, 0.4) is 0 Å². The number of carbonyl (C=O) groups excluding carboxylic acids is 1. The van der Waals surface area contributed by atoms with Gasteiger partial charge in [-0.1, -0.05) is 6.07 Å². The van der Waals surface area contributed by atoms with Crippen LogP contribution in [0.15, 0.2) is 41.3 Å². The van der Waals surface area contributed by atoms with E-state index >= 15 is 0 Å². The lowest BCUT2D eigenvalue weighted by atomic mass is 10.2. The number of alkyl halides is 3. The molecule has 0 bridgehead atoms. The van der Waals surface area contributed by atoms with E-state index in [1.807, 2.05) is 0 Å². The maximum Gasteiger partial charge on any atom is 0.417 e. The highest BCUT2D eigenvalue weighted by Crippen LogP contribution is 2.28. The Morgan fingerprint density at radius 3 is 2.64 bits per heavy atom. The first kappa shape index (κ1) is 16.6. The van der Waals surface area contributed by atoms with Crippen LogP contribution in [0.5, 0.6) is 0 Å². The largest absolute Gasteiger partial charge is 0.417 e. The van der Waals surface area contributed by atoms with E-state index in [0.717, 1.165) is 6.07 Å². The highest BCUT2D eigenvalue weighted by Gasteiger charge is 2.30. The van der Waals surface area contributed by atoms with Crippen LogP contribution in [0.2, 0.25) is 0 Å². The van der Waals surface area contributed by atoms with Crippen LogP contribution < -0.4 is 16.3 Å². The number of aromatic amines is 2. The van der Waals surface area contributed by atoms with Gasteiger partial charge in [0.15, 0.2) is 0 Å². The summed E-state index contributed by atoms with van der Waals surface area (Å²) in [4.78, 5) is 32.0. The van der Waals surface area contributed by atoms with E-state index < -0.39 is 23.5 Å². The summed E-state index contributed by atoms with van der Waals surface area (Å²) in [5.41, 5.74) is 0.370. The molecule has 3 rings (SSSR count). The molecule has 0 aliphatic rings. The fourth-order valence-electron chi connectivity index (χ4n) is 2.20. The van der Waals surface area contributed by atoms with E-state index in [1.165, 1.54) is 6.07 Å². The lowest BCUT2D eigenvalue weighted by Crippen LogP contribution is -2.28. The molecule has 0 radical (unpaired) electrons. The smallest absolute Gasteiger partial charge is 0.332 e. The second-order valence-corrected chi connectivity index (χ2v) is 5.15. The molecule has 0 spiro atoms. The number of para-hydroxylation sites is 1. The summed E-state index contributed by atoms with van der Waals surface area (Å²) in [6.07, 6.45) is -3.75. The minimum absolute atomic E-state index is 0.0520. The lowest BCUT2D eigenvalue weighted by molar-refractivity contribution is -0.137. The van der Waals surface area contributed by atoms with Crippen molar-refractivity contribution in [2.45, 2.75) is 12.7 Å². The van der Waals surface area contributed by atoms with Crippen molar-refractivity contribution in [1.82, 2.24) is 20.3 Å². The van der Waals surface area contributed by atoms with Crippen molar-refractivity contribution in [3.8, 4) is 0 Å². The number of halogens is 3. The molecular formula is C15H12F3N5O2. The number of fused-ring (bicyclic) bond motifs is 1. The van der Waals surface area contributed by atoms with Crippen LogP contribution in [-0.4, -0.2) is 21.0 Å². The molecule has 0 fully saturated rings. The molecule has 3 aromatic rings. The Morgan fingerprint density at radius 2 is 1.96 bits per heavy atom. The first-order chi connectivity index (χ1) is 11.8. The average molecular weight is 351 g/mol. The normalized spacial score (nSPS) is 11.5. The summed E-state index contributed by atoms with van der Waals surface area (Å²) in [7, 11) is 0. The third-order valence-corrected chi connectivity index (χ3v) is 3.38. The number of anilines is 1. The summed E-state index contributed by atoms with van der Waals surface area (Å²) in [6, 6.07) is 6.42. The number of rotatable bonds is 3. The first-order valence-corrected chi connectivity index (χ1v) is 7.11. The summed E-state index contributed by atoms with van der Waals surface area (Å²) < 4.78 is 37.4. The molecule has 7 nitrogen and oxygen atoms in total. The standard InChI is InChI=1S/C15H12F3N5O2/c16-15(17,18)8-4-5-9(19-6-8)7-20-13(24)21-10-2-1-3-11-12(10)23-14(25)22-11/h1-6H,7H2,(H2,20,21,24)(H2,22,23,25). The van der Waals surface area contributed by atoms with Gasteiger partial charge in [0.05, 0.1) is 34.5 Å². The molecule has 2 aromatic heterocycles. The second kappa shape index (κ2) is 6.30. The number of pyridine rings is 1. The summed E-state index contributed by atoms with van der Waals surface area (Å²) >= 11 is 0. The number of nitrogens with one attached hydrogen (secondary N) is 4. The van der Waals surface area contributed by atoms with Gasteiger partial charge < -0.3 is 20.6 Å². The van der Waals surface area contributed by atoms with Gasteiger partial charge in [-0.2, -0.15) is 13.2 Å². The Hall–Kier alpha value is -3.30. The summed E-state index contributed by atoms with van der Waals surface area (Å²) in [5.74, 6) is 0. The number of carbonyl (C=O) groups is 1. The maximum absolute atomic E-state index is 12.5. The SMILES string of the molecule is O=C(NCc1ccc(C(F)(F)F)cn1)Nc1cccc2[nH]c(=O)[nH]c12. The number of amides is 2. The third kappa shape index (κ3) is 3.79. The van der Waals surface area contributed by atoms with Crippen molar-refractivity contribution >= 4 is 22.8 Å². The van der Waals surface area contributed by atoms with Gasteiger partial charge in [-0.05, 0) is 24.3 Å². The van der Waals surface area contributed by atoms with Crippen molar-refractivity contribution < 1.29 is 18.0 Å². The number of urea groups is 1. The molecule has 2 amide bonds. The van der Waals surface area contributed by atoms with Crippen molar-refractivity contribution in [3.63, 3.8) is 0 Å². The minimum atomic E-state index is -4.46. The molecule has 0 aliphatic heterocycles. The molecular weight excluding hydrogens is 339 g/mol.